The van der Waals surface area contributed by atoms with Gasteiger partial charge in [0.1, 0.15) is 0 Å². The number of hydrogen-bond donors (Lipinski definition) is 4. The summed E-state index contributed by atoms with van der Waals surface area (Å²) in [6.45, 7) is 1.65. The van der Waals surface area contributed by atoms with Crippen molar-refractivity contribution in [2.75, 3.05) is 27.7 Å². The number of carbonyl (C=O) groups is 3. The lowest BCUT2D eigenvalue weighted by Gasteiger charge is -2.37. The highest BCUT2D eigenvalue weighted by Gasteiger charge is 2.37. The number of nitrogens with zero attached hydrogens (tertiary/aromatic N) is 4. The molecule has 0 saturated heterocycles. The Labute approximate surface area is 230 Å². The van der Waals surface area contributed by atoms with E-state index in [-0.39, 0.29) is 23.6 Å². The van der Waals surface area contributed by atoms with Crippen molar-refractivity contribution in [3.05, 3.63) is 44.9 Å². The van der Waals surface area contributed by atoms with E-state index in [2.05, 4.69) is 25.5 Å². The smallest absolute Gasteiger partial charge is 0.289 e. The number of likely N-dealkylation sites (N-methyl/N-ethyl adjacent to an activating group) is 1. The predicted octanol–water partition coefficient (Wildman–Crippen LogP) is 1.96. The van der Waals surface area contributed by atoms with E-state index in [9.17, 15) is 19.6 Å². The minimum atomic E-state index is -0.642. The molecule has 1 aliphatic heterocycles. The van der Waals surface area contributed by atoms with E-state index >= 15 is 0 Å². The molecule has 2 heterocycles. The van der Waals surface area contributed by atoms with E-state index in [1.807, 2.05) is 12.5 Å². The number of hydrogen-bond acceptors (Lipinski definition) is 8. The van der Waals surface area contributed by atoms with Crippen LogP contribution in [0.3, 0.4) is 0 Å². The maximum absolute atomic E-state index is 13.2. The van der Waals surface area contributed by atoms with Gasteiger partial charge in [0.2, 0.25) is 11.7 Å². The molecule has 1 aromatic heterocycles. The van der Waals surface area contributed by atoms with Gasteiger partial charge < -0.3 is 20.4 Å². The molecule has 11 nitrogen and oxygen atoms in total. The summed E-state index contributed by atoms with van der Waals surface area (Å²) in [5, 5.41) is 16.4. The summed E-state index contributed by atoms with van der Waals surface area (Å²) in [6.07, 6.45) is 2.15. The monoisotopic (exact) mass is 561 g/mol. The van der Waals surface area contributed by atoms with Crippen molar-refractivity contribution in [2.24, 2.45) is 10.9 Å². The largest absolute Gasteiger partial charge is 0.349 e. The number of nitrogens with one attached hydrogen (secondary N) is 3. The van der Waals surface area contributed by atoms with Gasteiger partial charge in [0.05, 0.1) is 17.4 Å². The standard InChI is InChI=1S/C25H32ClN7O4S/c1-32(2)25(36)14-4-9-17(28-22(34)21(31-37)27-16-7-5-15(26)6-8-16)19(12-14)29-23(35)24-30-18-10-11-33(3)13-20(18)38-24/h5-8,14,17,19,37H,4,9-13H2,1-3H3,(H,27,31)(H,28,34)(H,29,35). The van der Waals surface area contributed by atoms with E-state index in [0.29, 0.717) is 35.0 Å². The molecule has 2 aliphatic rings. The first kappa shape index (κ1) is 28.0. The zero-order valence-corrected chi connectivity index (χ0v) is 23.1. The lowest BCUT2D eigenvalue weighted by Crippen LogP contribution is -2.57. The molecule has 13 heteroatoms. The average Bonchev–Trinajstić information content (AvgIpc) is 3.32. The van der Waals surface area contributed by atoms with Crippen LogP contribution in [-0.2, 0) is 22.6 Å². The minimum absolute atomic E-state index is 0.0243. The van der Waals surface area contributed by atoms with Gasteiger partial charge in [-0.3, -0.25) is 19.6 Å². The van der Waals surface area contributed by atoms with Crippen molar-refractivity contribution >= 4 is 52.2 Å². The van der Waals surface area contributed by atoms with Crippen LogP contribution < -0.4 is 16.1 Å². The first-order chi connectivity index (χ1) is 18.1. The number of amides is 3. The van der Waals surface area contributed by atoms with Crippen molar-refractivity contribution in [1.29, 1.82) is 0 Å². The Kier molecular flexibility index (Phi) is 8.98. The molecule has 1 fully saturated rings. The number of aliphatic imine (C=N–C) groups is 1. The first-order valence-electron chi connectivity index (χ1n) is 12.4. The molecule has 0 radical (unpaired) electrons. The highest BCUT2D eigenvalue weighted by Crippen LogP contribution is 2.28. The van der Waals surface area contributed by atoms with Crippen LogP contribution in [0.4, 0.5) is 5.69 Å². The second-order valence-electron chi connectivity index (χ2n) is 9.83. The third-order valence-corrected chi connectivity index (χ3v) is 8.11. The maximum Gasteiger partial charge on any atom is 0.289 e. The van der Waals surface area contributed by atoms with Gasteiger partial charge in [-0.25, -0.2) is 15.5 Å². The Hall–Kier alpha value is -3.06. The highest BCUT2D eigenvalue weighted by atomic mass is 35.5. The lowest BCUT2D eigenvalue weighted by molar-refractivity contribution is -0.134. The molecule has 3 atom stereocenters. The Balaban J connectivity index is 1.51. The number of benzene rings is 1. The fourth-order valence-electron chi connectivity index (χ4n) is 4.75. The molecular weight excluding hydrogens is 530 g/mol. The van der Waals surface area contributed by atoms with Crippen molar-refractivity contribution in [2.45, 2.75) is 44.3 Å². The van der Waals surface area contributed by atoms with Crippen LogP contribution in [0, 0.1) is 5.92 Å². The third kappa shape index (κ3) is 6.68. The van der Waals surface area contributed by atoms with Gasteiger partial charge in [-0.15, -0.1) is 11.3 Å². The molecule has 1 aromatic carbocycles. The number of carbonyl (C=O) groups excluding carboxylic acids is 3. The normalized spacial score (nSPS) is 21.8. The first-order valence-corrected chi connectivity index (χ1v) is 13.6. The zero-order valence-electron chi connectivity index (χ0n) is 21.5. The quantitative estimate of drug-likeness (QED) is 0.249. The molecule has 0 spiro atoms. The lowest BCUT2D eigenvalue weighted by atomic mass is 9.81. The molecule has 38 heavy (non-hydrogen) atoms. The molecular formula is C25H32ClN7O4S. The molecule has 204 valence electrons. The Morgan fingerprint density at radius 3 is 2.58 bits per heavy atom. The maximum atomic E-state index is 13.2. The minimum Gasteiger partial charge on any atom is -0.349 e. The van der Waals surface area contributed by atoms with E-state index in [1.165, 1.54) is 11.3 Å². The van der Waals surface area contributed by atoms with Gasteiger partial charge >= 0.3 is 0 Å². The summed E-state index contributed by atoms with van der Waals surface area (Å²) in [5.41, 5.74) is 3.22. The number of fused-ring (bicyclic) bond motifs is 1. The molecule has 3 unspecified atom stereocenters. The zero-order chi connectivity index (χ0) is 27.4. The number of aromatic nitrogens is 1. The second-order valence-corrected chi connectivity index (χ2v) is 11.3. The molecule has 2 aromatic rings. The van der Waals surface area contributed by atoms with Crippen LogP contribution in [0.15, 0.2) is 29.3 Å². The van der Waals surface area contributed by atoms with E-state index in [0.717, 1.165) is 30.1 Å². The summed E-state index contributed by atoms with van der Waals surface area (Å²) >= 11 is 7.28. The summed E-state index contributed by atoms with van der Waals surface area (Å²) in [4.78, 5) is 52.5. The summed E-state index contributed by atoms with van der Waals surface area (Å²) in [7, 11) is 5.44. The van der Waals surface area contributed by atoms with E-state index < -0.39 is 18.0 Å². The molecule has 4 rings (SSSR count). The third-order valence-electron chi connectivity index (χ3n) is 6.78. The Morgan fingerprint density at radius 2 is 1.89 bits per heavy atom. The van der Waals surface area contributed by atoms with E-state index in [1.54, 1.807) is 43.3 Å². The van der Waals surface area contributed by atoms with Gasteiger partial charge in [0, 0.05) is 55.5 Å². The van der Waals surface area contributed by atoms with Gasteiger partial charge in [-0.1, -0.05) is 11.6 Å². The van der Waals surface area contributed by atoms with Crippen molar-refractivity contribution in [3.63, 3.8) is 0 Å². The van der Waals surface area contributed by atoms with Crippen molar-refractivity contribution in [1.82, 2.24) is 30.9 Å². The fraction of sp³-hybridized carbons (Fsp3) is 0.480. The van der Waals surface area contributed by atoms with Crippen molar-refractivity contribution in [3.8, 4) is 0 Å². The predicted molar refractivity (Wildman–Crippen MR) is 145 cm³/mol. The van der Waals surface area contributed by atoms with Crippen LogP contribution in [0.25, 0.3) is 0 Å². The van der Waals surface area contributed by atoms with Crippen LogP contribution >= 0.6 is 22.9 Å². The van der Waals surface area contributed by atoms with E-state index in [4.69, 9.17) is 11.6 Å². The second kappa shape index (κ2) is 12.2. The number of halogens is 1. The molecule has 0 bridgehead atoms. The highest BCUT2D eigenvalue weighted by molar-refractivity contribution is 7.13. The molecule has 3 amide bonds. The van der Waals surface area contributed by atoms with Crippen molar-refractivity contribution < 1.29 is 19.6 Å². The summed E-state index contributed by atoms with van der Waals surface area (Å²) in [6, 6.07) is 5.46. The van der Waals surface area contributed by atoms with Crippen LogP contribution in [0.2, 0.25) is 5.02 Å². The molecule has 4 N–H and O–H groups in total. The molecule has 1 aliphatic carbocycles. The Morgan fingerprint density at radius 1 is 1.16 bits per heavy atom. The average molecular weight is 562 g/mol. The number of amidine groups is 1. The SMILES string of the molecule is CN1CCc2nc(C(=O)NC3CC(C(=O)N(C)C)CCC3NC(=O)C(=Nc3ccc(Cl)cc3)NO)sc2C1. The summed E-state index contributed by atoms with van der Waals surface area (Å²) < 4.78 is 0. The number of rotatable bonds is 5. The topological polar surface area (TPSA) is 139 Å². The number of thiazole rings is 1. The summed E-state index contributed by atoms with van der Waals surface area (Å²) in [5.74, 6) is -1.59. The van der Waals surface area contributed by atoms with Crippen LogP contribution in [0.5, 0.6) is 0 Å². The fourth-order valence-corrected chi connectivity index (χ4v) is 5.97. The van der Waals surface area contributed by atoms with Gasteiger partial charge in [-0.05, 0) is 50.6 Å². The molecule has 1 saturated carbocycles. The van der Waals surface area contributed by atoms with Crippen LogP contribution in [-0.4, -0.2) is 83.3 Å². The van der Waals surface area contributed by atoms with Gasteiger partial charge in [0.15, 0.2) is 5.01 Å². The number of hydroxylamine groups is 1. The van der Waals surface area contributed by atoms with Gasteiger partial charge in [-0.2, -0.15) is 0 Å². The Bertz CT molecular complexity index is 1220. The van der Waals surface area contributed by atoms with Crippen LogP contribution in [0.1, 0.15) is 39.6 Å². The van der Waals surface area contributed by atoms with Gasteiger partial charge in [0.25, 0.3) is 11.8 Å².